The number of ether oxygens (including phenoxy) is 3. The SMILES string of the molecule is CC/C=C\C/C=C\C/C=C\C/C=C\C/C=C\C/C=C\CCC(=O)OCC(COC(=O)CCCCCCC/C=C\CCCC)OC(=O)CCCCCCC\C=C/C=C\C=C/C=C\C=C/CCC. The molecule has 0 amide bonds. The van der Waals surface area contributed by atoms with Gasteiger partial charge in [0.05, 0.1) is 0 Å². The van der Waals surface area contributed by atoms with Gasteiger partial charge in [0.2, 0.25) is 0 Å². The van der Waals surface area contributed by atoms with Gasteiger partial charge >= 0.3 is 17.9 Å². The molecule has 0 saturated heterocycles. The van der Waals surface area contributed by atoms with Crippen LogP contribution in [0.5, 0.6) is 0 Å². The second-order valence-electron chi connectivity index (χ2n) is 16.5. The Morgan fingerprint density at radius 1 is 0.333 bits per heavy atom. The second-order valence-corrected chi connectivity index (χ2v) is 16.5. The highest BCUT2D eigenvalue weighted by molar-refractivity contribution is 5.71. The molecule has 0 bridgehead atoms. The Labute approximate surface area is 404 Å². The van der Waals surface area contributed by atoms with Crippen molar-refractivity contribution in [1.82, 2.24) is 0 Å². The van der Waals surface area contributed by atoms with Gasteiger partial charge in [-0.05, 0) is 96.3 Å². The van der Waals surface area contributed by atoms with Crippen LogP contribution in [0.4, 0.5) is 0 Å². The number of carbonyl (C=O) groups excluding carboxylic acids is 3. The molecule has 0 aromatic heterocycles. The Kier molecular flexibility index (Phi) is 49.1. The fraction of sp³-hybridized carbons (Fsp3) is 0.550. The molecule has 0 rings (SSSR count). The first-order valence-electron chi connectivity index (χ1n) is 25.9. The lowest BCUT2D eigenvalue weighted by atomic mass is 10.1. The Morgan fingerprint density at radius 3 is 1.21 bits per heavy atom. The van der Waals surface area contributed by atoms with Crippen LogP contribution in [0, 0.1) is 0 Å². The van der Waals surface area contributed by atoms with E-state index in [4.69, 9.17) is 14.2 Å². The lowest BCUT2D eigenvalue weighted by molar-refractivity contribution is -0.166. The average Bonchev–Trinajstić information content (AvgIpc) is 3.31. The van der Waals surface area contributed by atoms with E-state index in [1.165, 1.54) is 32.1 Å². The topological polar surface area (TPSA) is 78.9 Å². The number of unbranched alkanes of at least 4 members (excludes halogenated alkanes) is 13. The average molecular weight is 909 g/mol. The third-order valence-corrected chi connectivity index (χ3v) is 10.2. The van der Waals surface area contributed by atoms with E-state index in [1.807, 2.05) is 48.6 Å². The minimum atomic E-state index is -0.831. The van der Waals surface area contributed by atoms with Gasteiger partial charge in [-0.1, -0.05) is 224 Å². The van der Waals surface area contributed by atoms with E-state index >= 15 is 0 Å². The maximum Gasteiger partial charge on any atom is 0.306 e. The van der Waals surface area contributed by atoms with Crippen LogP contribution in [0.15, 0.2) is 146 Å². The molecule has 368 valence electrons. The maximum atomic E-state index is 12.8. The molecule has 66 heavy (non-hydrogen) atoms. The normalized spacial score (nSPS) is 13.3. The summed E-state index contributed by atoms with van der Waals surface area (Å²) in [6.07, 6.45) is 75.5. The van der Waals surface area contributed by atoms with Crippen LogP contribution in [0.3, 0.4) is 0 Å². The van der Waals surface area contributed by atoms with E-state index in [0.717, 1.165) is 116 Å². The summed E-state index contributed by atoms with van der Waals surface area (Å²) in [5, 5.41) is 0. The molecule has 0 fully saturated rings. The summed E-state index contributed by atoms with van der Waals surface area (Å²) in [6, 6.07) is 0. The predicted molar refractivity (Wildman–Crippen MR) is 283 cm³/mol. The Hall–Kier alpha value is -4.71. The minimum Gasteiger partial charge on any atom is -0.462 e. The molecule has 0 aromatic carbocycles. The number of allylic oxidation sites excluding steroid dienone is 24. The van der Waals surface area contributed by atoms with Crippen LogP contribution < -0.4 is 0 Å². The highest BCUT2D eigenvalue weighted by Crippen LogP contribution is 2.12. The number of hydrogen-bond donors (Lipinski definition) is 0. The number of hydrogen-bond acceptors (Lipinski definition) is 6. The van der Waals surface area contributed by atoms with E-state index in [9.17, 15) is 14.4 Å². The molecule has 0 aliphatic rings. The van der Waals surface area contributed by atoms with E-state index < -0.39 is 6.10 Å². The van der Waals surface area contributed by atoms with Gasteiger partial charge in [0, 0.05) is 19.3 Å². The lowest BCUT2D eigenvalue weighted by Gasteiger charge is -2.18. The van der Waals surface area contributed by atoms with Crippen molar-refractivity contribution in [3.05, 3.63) is 146 Å². The summed E-state index contributed by atoms with van der Waals surface area (Å²) in [7, 11) is 0. The molecule has 0 spiro atoms. The van der Waals surface area contributed by atoms with Gasteiger partial charge < -0.3 is 14.2 Å². The molecule has 6 heteroatoms. The van der Waals surface area contributed by atoms with Crippen LogP contribution in [-0.4, -0.2) is 37.2 Å². The van der Waals surface area contributed by atoms with Crippen molar-refractivity contribution >= 4 is 17.9 Å². The molecule has 0 aliphatic carbocycles. The van der Waals surface area contributed by atoms with Crippen molar-refractivity contribution in [2.75, 3.05) is 13.2 Å². The third kappa shape index (κ3) is 50.3. The number of carbonyl (C=O) groups is 3. The van der Waals surface area contributed by atoms with Gasteiger partial charge in [-0.3, -0.25) is 14.4 Å². The van der Waals surface area contributed by atoms with Crippen molar-refractivity contribution in [3.8, 4) is 0 Å². The molecule has 0 N–H and O–H groups in total. The summed E-state index contributed by atoms with van der Waals surface area (Å²) in [5.41, 5.74) is 0. The first kappa shape index (κ1) is 61.3. The van der Waals surface area contributed by atoms with E-state index in [-0.39, 0.29) is 44.0 Å². The van der Waals surface area contributed by atoms with Crippen LogP contribution in [0.2, 0.25) is 0 Å². The third-order valence-electron chi connectivity index (χ3n) is 10.2. The highest BCUT2D eigenvalue weighted by Gasteiger charge is 2.19. The van der Waals surface area contributed by atoms with Gasteiger partial charge in [-0.15, -0.1) is 0 Å². The second kappa shape index (κ2) is 52.9. The summed E-state index contributed by atoms with van der Waals surface area (Å²) in [6.45, 7) is 6.27. The zero-order chi connectivity index (χ0) is 47.9. The van der Waals surface area contributed by atoms with Gasteiger partial charge in [0.15, 0.2) is 6.10 Å². The van der Waals surface area contributed by atoms with Crippen LogP contribution >= 0.6 is 0 Å². The van der Waals surface area contributed by atoms with Gasteiger partial charge in [-0.25, -0.2) is 0 Å². The van der Waals surface area contributed by atoms with Crippen molar-refractivity contribution in [2.45, 2.75) is 200 Å². The van der Waals surface area contributed by atoms with Crippen LogP contribution in [0.25, 0.3) is 0 Å². The molecule has 0 aliphatic heterocycles. The fourth-order valence-electron chi connectivity index (χ4n) is 6.30. The quantitative estimate of drug-likeness (QED) is 0.0199. The predicted octanol–water partition coefficient (Wildman–Crippen LogP) is 17.3. The zero-order valence-electron chi connectivity index (χ0n) is 41.9. The minimum absolute atomic E-state index is 0.123. The Balaban J connectivity index is 4.59. The fourth-order valence-corrected chi connectivity index (χ4v) is 6.30. The molecule has 1 atom stereocenters. The smallest absolute Gasteiger partial charge is 0.306 e. The Bertz CT molecular complexity index is 1510. The van der Waals surface area contributed by atoms with E-state index in [0.29, 0.717) is 12.8 Å². The monoisotopic (exact) mass is 909 g/mol. The number of esters is 3. The molecule has 0 radical (unpaired) electrons. The van der Waals surface area contributed by atoms with Gasteiger partial charge in [0.25, 0.3) is 0 Å². The van der Waals surface area contributed by atoms with E-state index in [2.05, 4.69) is 118 Å². The first-order valence-corrected chi connectivity index (χ1v) is 25.9. The molecular formula is C60H92O6. The molecule has 6 nitrogen and oxygen atoms in total. The summed E-state index contributed by atoms with van der Waals surface area (Å²) < 4.78 is 16.7. The first-order chi connectivity index (χ1) is 32.5. The Morgan fingerprint density at radius 2 is 0.712 bits per heavy atom. The molecule has 0 aromatic rings. The van der Waals surface area contributed by atoms with Crippen molar-refractivity contribution in [2.24, 2.45) is 0 Å². The number of rotatable bonds is 44. The zero-order valence-corrected chi connectivity index (χ0v) is 41.9. The lowest BCUT2D eigenvalue weighted by Crippen LogP contribution is -2.30. The summed E-state index contributed by atoms with van der Waals surface area (Å²) in [4.78, 5) is 37.9. The van der Waals surface area contributed by atoms with E-state index in [1.54, 1.807) is 0 Å². The molecule has 1 unspecified atom stereocenters. The van der Waals surface area contributed by atoms with Crippen LogP contribution in [0.1, 0.15) is 194 Å². The largest absolute Gasteiger partial charge is 0.462 e. The van der Waals surface area contributed by atoms with Crippen molar-refractivity contribution < 1.29 is 28.6 Å². The van der Waals surface area contributed by atoms with Crippen molar-refractivity contribution in [1.29, 1.82) is 0 Å². The molecule has 0 heterocycles. The summed E-state index contributed by atoms with van der Waals surface area (Å²) in [5.74, 6) is -1.06. The van der Waals surface area contributed by atoms with Crippen molar-refractivity contribution in [3.63, 3.8) is 0 Å². The summed E-state index contributed by atoms with van der Waals surface area (Å²) >= 11 is 0. The maximum absolute atomic E-state index is 12.8. The molecule has 0 saturated carbocycles. The van der Waals surface area contributed by atoms with Gasteiger partial charge in [-0.2, -0.15) is 0 Å². The molecular weight excluding hydrogens is 817 g/mol. The van der Waals surface area contributed by atoms with Gasteiger partial charge in [0.1, 0.15) is 13.2 Å². The highest BCUT2D eigenvalue weighted by atomic mass is 16.6. The van der Waals surface area contributed by atoms with Crippen LogP contribution in [-0.2, 0) is 28.6 Å². The standard InChI is InChI=1S/C60H92O6/c1-4-7-10-13-16-19-22-24-26-28-30-32-33-35-38-41-44-47-50-53-59(62)65-56-57(55-64-58(61)52-49-46-43-40-37-21-18-15-12-9-6-3)66-60(63)54-51-48-45-42-39-36-34-31-29-27-25-23-20-17-14-11-8-5-2/h7,10-11,14-20,23-27,29-32,34-35,38,44,47,57H,4-6,8-9,12-13,21-22,28,33,36-37,39-43,45-46,48-56H2,1-3H3/b10-7-,14-11-,18-15-,19-16-,20-17-,25-23-,26-24-,29-27-,32-30-,34-31-,38-35-,47-44-.